The molecule has 0 aromatic heterocycles. The molecule has 0 rings (SSSR count). The van der Waals surface area contributed by atoms with Gasteiger partial charge in [-0.1, -0.05) is 19.0 Å². The molecule has 5 nitrogen and oxygen atoms in total. The van der Waals surface area contributed by atoms with Gasteiger partial charge in [-0.25, -0.2) is 0 Å². The van der Waals surface area contributed by atoms with E-state index in [0.717, 1.165) is 13.0 Å². The van der Waals surface area contributed by atoms with Crippen molar-refractivity contribution in [2.24, 2.45) is 16.3 Å². The number of hydrogen-bond acceptors (Lipinski definition) is 4. The molecule has 0 aliphatic heterocycles. The van der Waals surface area contributed by atoms with Crippen molar-refractivity contribution in [1.82, 2.24) is 4.90 Å². The quantitative estimate of drug-likeness (QED) is 0.274. The van der Waals surface area contributed by atoms with Crippen LogP contribution in [0.25, 0.3) is 0 Å². The van der Waals surface area contributed by atoms with E-state index in [4.69, 9.17) is 10.9 Å². The molecule has 0 aromatic carbocycles. The maximum atomic E-state index is 9.64. The van der Waals surface area contributed by atoms with Crippen molar-refractivity contribution in [3.8, 4) is 0 Å². The van der Waals surface area contributed by atoms with Gasteiger partial charge in [0.15, 0.2) is 0 Å². The summed E-state index contributed by atoms with van der Waals surface area (Å²) in [5.74, 6) is 0.240. The summed E-state index contributed by atoms with van der Waals surface area (Å²) in [5, 5.41) is 21.3. The monoisotopic (exact) mass is 231 g/mol. The summed E-state index contributed by atoms with van der Waals surface area (Å²) in [7, 11) is 1.94. The van der Waals surface area contributed by atoms with Gasteiger partial charge in [-0.3, -0.25) is 0 Å². The second-order valence-electron chi connectivity index (χ2n) is 5.67. The molecule has 0 heterocycles. The number of hydrogen-bond donors (Lipinski definition) is 3. The van der Waals surface area contributed by atoms with Gasteiger partial charge in [0.25, 0.3) is 0 Å². The first-order chi connectivity index (χ1) is 7.08. The number of nitrogens with two attached hydrogens (primary N) is 1. The van der Waals surface area contributed by atoms with Gasteiger partial charge in [0, 0.05) is 12.0 Å². The summed E-state index contributed by atoms with van der Waals surface area (Å²) >= 11 is 0. The van der Waals surface area contributed by atoms with E-state index in [1.807, 2.05) is 25.8 Å². The van der Waals surface area contributed by atoms with Crippen LogP contribution in [0.4, 0.5) is 0 Å². The second-order valence-corrected chi connectivity index (χ2v) is 5.67. The Labute approximate surface area is 97.9 Å². The van der Waals surface area contributed by atoms with Gasteiger partial charge >= 0.3 is 0 Å². The summed E-state index contributed by atoms with van der Waals surface area (Å²) in [6.07, 6.45) is 0.773. The molecule has 0 spiro atoms. The third kappa shape index (κ3) is 5.92. The normalized spacial score (nSPS) is 14.6. The molecule has 96 valence electrons. The maximum absolute atomic E-state index is 9.64. The van der Waals surface area contributed by atoms with Gasteiger partial charge in [-0.15, -0.1) is 0 Å². The van der Waals surface area contributed by atoms with Crippen LogP contribution < -0.4 is 5.73 Å². The van der Waals surface area contributed by atoms with E-state index in [9.17, 15) is 5.11 Å². The van der Waals surface area contributed by atoms with E-state index in [-0.39, 0.29) is 11.3 Å². The second kappa shape index (κ2) is 5.50. The molecule has 4 N–H and O–H groups in total. The molecule has 0 aliphatic carbocycles. The fourth-order valence-electron chi connectivity index (χ4n) is 1.47. The van der Waals surface area contributed by atoms with Crippen molar-refractivity contribution in [2.45, 2.75) is 39.7 Å². The molecule has 0 amide bonds. The van der Waals surface area contributed by atoms with Crippen LogP contribution in [-0.4, -0.2) is 46.8 Å². The standard InChI is InChI=1S/C11H25N3O2/c1-10(2,9(12)13-16)6-7-14(5)8-11(3,4)15/h15-16H,6-8H2,1-5H3,(H2,12,13). The summed E-state index contributed by atoms with van der Waals surface area (Å²) in [4.78, 5) is 2.03. The molecule has 0 atom stereocenters. The van der Waals surface area contributed by atoms with E-state index in [1.165, 1.54) is 0 Å². The lowest BCUT2D eigenvalue weighted by molar-refractivity contribution is 0.0426. The number of rotatable bonds is 6. The summed E-state index contributed by atoms with van der Waals surface area (Å²) in [6, 6.07) is 0. The van der Waals surface area contributed by atoms with E-state index in [2.05, 4.69) is 5.16 Å². The Morgan fingerprint density at radius 1 is 1.31 bits per heavy atom. The minimum absolute atomic E-state index is 0.240. The maximum Gasteiger partial charge on any atom is 0.144 e. The van der Waals surface area contributed by atoms with Crippen molar-refractivity contribution < 1.29 is 10.3 Å². The molecular formula is C11H25N3O2. The molecule has 0 aliphatic rings. The third-order valence-electron chi connectivity index (χ3n) is 2.58. The fourth-order valence-corrected chi connectivity index (χ4v) is 1.47. The van der Waals surface area contributed by atoms with Gasteiger partial charge in [-0.2, -0.15) is 0 Å². The first-order valence-corrected chi connectivity index (χ1v) is 5.47. The minimum atomic E-state index is -0.699. The number of aliphatic hydroxyl groups is 1. The van der Waals surface area contributed by atoms with Gasteiger partial charge in [0.2, 0.25) is 0 Å². The molecule has 0 saturated carbocycles. The largest absolute Gasteiger partial charge is 0.409 e. The Hall–Kier alpha value is -0.810. The van der Waals surface area contributed by atoms with Crippen LogP contribution >= 0.6 is 0 Å². The highest BCUT2D eigenvalue weighted by molar-refractivity contribution is 5.85. The zero-order valence-electron chi connectivity index (χ0n) is 11.0. The Kier molecular flexibility index (Phi) is 5.22. The van der Waals surface area contributed by atoms with E-state index in [0.29, 0.717) is 6.54 Å². The molecule has 0 unspecified atom stereocenters. The average molecular weight is 231 g/mol. The Morgan fingerprint density at radius 3 is 2.19 bits per heavy atom. The van der Waals surface area contributed by atoms with Crippen molar-refractivity contribution in [1.29, 1.82) is 0 Å². The Morgan fingerprint density at radius 2 is 1.81 bits per heavy atom. The van der Waals surface area contributed by atoms with E-state index < -0.39 is 5.60 Å². The van der Waals surface area contributed by atoms with Crippen molar-refractivity contribution in [3.63, 3.8) is 0 Å². The predicted octanol–water partition coefficient (Wildman–Crippen LogP) is 0.852. The summed E-state index contributed by atoms with van der Waals surface area (Å²) in [6.45, 7) is 8.79. The lowest BCUT2D eigenvalue weighted by atomic mass is 9.88. The van der Waals surface area contributed by atoms with Gasteiger partial charge < -0.3 is 20.9 Å². The third-order valence-corrected chi connectivity index (χ3v) is 2.58. The molecule has 0 saturated heterocycles. The highest BCUT2D eigenvalue weighted by Crippen LogP contribution is 2.20. The number of amidine groups is 1. The SMILES string of the molecule is CN(CCC(C)(C)C(N)=NO)CC(C)(C)O. The highest BCUT2D eigenvalue weighted by Gasteiger charge is 2.24. The number of oxime groups is 1. The molecule has 0 radical (unpaired) electrons. The summed E-state index contributed by atoms with van der Waals surface area (Å²) < 4.78 is 0. The highest BCUT2D eigenvalue weighted by atomic mass is 16.4. The van der Waals surface area contributed by atoms with Crippen LogP contribution in [0, 0.1) is 5.41 Å². The molecule has 5 heteroatoms. The van der Waals surface area contributed by atoms with Crippen molar-refractivity contribution in [3.05, 3.63) is 0 Å². The fraction of sp³-hybridized carbons (Fsp3) is 0.909. The topological polar surface area (TPSA) is 82.1 Å². The lowest BCUT2D eigenvalue weighted by Crippen LogP contribution is -2.40. The van der Waals surface area contributed by atoms with E-state index >= 15 is 0 Å². The number of likely N-dealkylation sites (N-methyl/N-ethyl adjacent to an activating group) is 1. The first kappa shape index (κ1) is 15.2. The lowest BCUT2D eigenvalue weighted by Gasteiger charge is -2.29. The van der Waals surface area contributed by atoms with Gasteiger partial charge in [0.1, 0.15) is 5.84 Å². The smallest absolute Gasteiger partial charge is 0.144 e. The van der Waals surface area contributed by atoms with Crippen LogP contribution in [0.5, 0.6) is 0 Å². The zero-order valence-corrected chi connectivity index (χ0v) is 11.0. The molecular weight excluding hydrogens is 206 g/mol. The number of nitrogens with zero attached hydrogens (tertiary/aromatic N) is 2. The Bertz CT molecular complexity index is 244. The van der Waals surface area contributed by atoms with Crippen molar-refractivity contribution in [2.75, 3.05) is 20.1 Å². The zero-order chi connectivity index (χ0) is 13.0. The van der Waals surface area contributed by atoms with Gasteiger partial charge in [0.05, 0.1) is 5.60 Å². The van der Waals surface area contributed by atoms with Crippen LogP contribution in [-0.2, 0) is 0 Å². The molecule has 0 bridgehead atoms. The van der Waals surface area contributed by atoms with E-state index in [1.54, 1.807) is 13.8 Å². The van der Waals surface area contributed by atoms with Crippen LogP contribution in [0.3, 0.4) is 0 Å². The summed E-state index contributed by atoms with van der Waals surface area (Å²) in [5.41, 5.74) is 4.57. The van der Waals surface area contributed by atoms with Crippen molar-refractivity contribution >= 4 is 5.84 Å². The predicted molar refractivity (Wildman–Crippen MR) is 65.6 cm³/mol. The molecule has 0 aromatic rings. The minimum Gasteiger partial charge on any atom is -0.409 e. The average Bonchev–Trinajstić information content (AvgIpc) is 2.11. The van der Waals surface area contributed by atoms with Crippen LogP contribution in [0.15, 0.2) is 5.16 Å². The van der Waals surface area contributed by atoms with Crippen LogP contribution in [0.1, 0.15) is 34.1 Å². The van der Waals surface area contributed by atoms with Gasteiger partial charge in [-0.05, 0) is 33.9 Å². The molecule has 0 fully saturated rings. The van der Waals surface area contributed by atoms with Crippen LogP contribution in [0.2, 0.25) is 0 Å². The first-order valence-electron chi connectivity index (χ1n) is 5.47. The molecule has 16 heavy (non-hydrogen) atoms. The Balaban J connectivity index is 4.15.